The first kappa shape index (κ1) is 24.6. The van der Waals surface area contributed by atoms with Crippen LogP contribution in [0.15, 0.2) is 59.8 Å². The van der Waals surface area contributed by atoms with E-state index in [0.717, 1.165) is 24.0 Å². The number of rotatable bonds is 12. The van der Waals surface area contributed by atoms with Gasteiger partial charge < -0.3 is 10.4 Å². The highest BCUT2D eigenvalue weighted by atomic mass is 16.4. The van der Waals surface area contributed by atoms with Gasteiger partial charge in [0, 0.05) is 6.08 Å². The number of carboxylic acids is 1. The third-order valence-electron chi connectivity index (χ3n) is 4.00. The lowest BCUT2D eigenvalue weighted by molar-refractivity contribution is -0.137. The molecule has 0 aromatic carbocycles. The minimum absolute atomic E-state index is 0.282. The van der Waals surface area contributed by atoms with E-state index < -0.39 is 11.9 Å². The molecule has 150 valence electrons. The molecule has 1 amide bonds. The zero-order valence-corrected chi connectivity index (χ0v) is 17.5. The van der Waals surface area contributed by atoms with E-state index in [4.69, 9.17) is 5.11 Å². The molecule has 0 atom stereocenters. The summed E-state index contributed by atoms with van der Waals surface area (Å²) in [6.07, 6.45) is 15.9. The lowest BCUT2D eigenvalue weighted by atomic mass is 9.83. The topological polar surface area (TPSA) is 66.4 Å². The average Bonchev–Trinajstić information content (AvgIpc) is 2.52. The molecule has 0 aliphatic rings. The SMILES string of the molecule is C=C(C)CCCC(C)(C)C/C=C/C(C)=C/C=C/C(C)=C/C(=O)NCC(=O)O. The molecular formula is C23H35NO3. The Labute approximate surface area is 164 Å². The van der Waals surface area contributed by atoms with Crippen LogP contribution in [-0.2, 0) is 9.59 Å². The van der Waals surface area contributed by atoms with Crippen molar-refractivity contribution in [2.45, 2.75) is 60.3 Å². The second kappa shape index (κ2) is 12.9. The normalized spacial score (nSPS) is 13.4. The van der Waals surface area contributed by atoms with E-state index in [-0.39, 0.29) is 12.0 Å². The Balaban J connectivity index is 4.45. The number of hydrogen-bond donors (Lipinski definition) is 2. The number of aliphatic carboxylic acids is 1. The molecule has 4 heteroatoms. The molecular weight excluding hydrogens is 338 g/mol. The van der Waals surface area contributed by atoms with E-state index in [1.54, 1.807) is 6.92 Å². The summed E-state index contributed by atoms with van der Waals surface area (Å²) in [5.41, 5.74) is 3.41. The van der Waals surface area contributed by atoms with E-state index in [1.807, 2.05) is 25.2 Å². The van der Waals surface area contributed by atoms with E-state index in [1.165, 1.54) is 24.5 Å². The van der Waals surface area contributed by atoms with Crippen LogP contribution in [0.5, 0.6) is 0 Å². The van der Waals surface area contributed by atoms with Gasteiger partial charge in [-0.3, -0.25) is 9.59 Å². The zero-order valence-electron chi connectivity index (χ0n) is 17.5. The van der Waals surface area contributed by atoms with E-state index in [9.17, 15) is 9.59 Å². The van der Waals surface area contributed by atoms with Crippen LogP contribution in [-0.4, -0.2) is 23.5 Å². The fraction of sp³-hybridized carbons (Fsp3) is 0.478. The molecule has 0 fully saturated rings. The van der Waals surface area contributed by atoms with Gasteiger partial charge in [-0.05, 0) is 57.4 Å². The fourth-order valence-corrected chi connectivity index (χ4v) is 2.41. The van der Waals surface area contributed by atoms with E-state index >= 15 is 0 Å². The fourth-order valence-electron chi connectivity index (χ4n) is 2.41. The number of amides is 1. The zero-order chi connectivity index (χ0) is 20.9. The molecule has 0 rings (SSSR count). The van der Waals surface area contributed by atoms with E-state index in [0.29, 0.717) is 0 Å². The monoisotopic (exact) mass is 373 g/mol. The van der Waals surface area contributed by atoms with Crippen LogP contribution in [0.4, 0.5) is 0 Å². The van der Waals surface area contributed by atoms with Gasteiger partial charge >= 0.3 is 5.97 Å². The van der Waals surface area contributed by atoms with Crippen molar-refractivity contribution in [2.75, 3.05) is 6.54 Å². The van der Waals surface area contributed by atoms with Crippen molar-refractivity contribution in [2.24, 2.45) is 5.41 Å². The van der Waals surface area contributed by atoms with Gasteiger partial charge in [0.2, 0.25) is 5.91 Å². The van der Waals surface area contributed by atoms with Crippen molar-refractivity contribution in [3.8, 4) is 0 Å². The van der Waals surface area contributed by atoms with Gasteiger partial charge in [0.25, 0.3) is 0 Å². The van der Waals surface area contributed by atoms with Gasteiger partial charge in [-0.1, -0.05) is 55.4 Å². The lowest BCUT2D eigenvalue weighted by Crippen LogP contribution is -2.27. The van der Waals surface area contributed by atoms with Gasteiger partial charge in [0.15, 0.2) is 0 Å². The van der Waals surface area contributed by atoms with Gasteiger partial charge in [-0.25, -0.2) is 0 Å². The van der Waals surface area contributed by atoms with Crippen molar-refractivity contribution < 1.29 is 14.7 Å². The molecule has 0 saturated carbocycles. The average molecular weight is 374 g/mol. The summed E-state index contributed by atoms with van der Waals surface area (Å²) in [5, 5.41) is 10.8. The van der Waals surface area contributed by atoms with Crippen LogP contribution >= 0.6 is 0 Å². The Bertz CT molecular complexity index is 634. The van der Waals surface area contributed by atoms with Crippen LogP contribution in [0, 0.1) is 5.41 Å². The smallest absolute Gasteiger partial charge is 0.322 e. The molecule has 0 aromatic rings. The summed E-state index contributed by atoms with van der Waals surface area (Å²) in [4.78, 5) is 21.9. The highest BCUT2D eigenvalue weighted by molar-refractivity contribution is 5.90. The molecule has 0 aliphatic heterocycles. The van der Waals surface area contributed by atoms with Crippen LogP contribution in [0.1, 0.15) is 60.3 Å². The largest absolute Gasteiger partial charge is 0.480 e. The lowest BCUT2D eigenvalue weighted by Gasteiger charge is -2.22. The van der Waals surface area contributed by atoms with Crippen molar-refractivity contribution in [1.29, 1.82) is 0 Å². The minimum Gasteiger partial charge on any atom is -0.480 e. The van der Waals surface area contributed by atoms with Crippen molar-refractivity contribution >= 4 is 11.9 Å². The van der Waals surface area contributed by atoms with Crippen LogP contribution < -0.4 is 5.32 Å². The molecule has 0 spiro atoms. The highest BCUT2D eigenvalue weighted by Crippen LogP contribution is 2.28. The molecule has 4 nitrogen and oxygen atoms in total. The summed E-state index contributed by atoms with van der Waals surface area (Å²) >= 11 is 0. The second-order valence-corrected chi connectivity index (χ2v) is 7.85. The number of carbonyl (C=O) groups excluding carboxylic acids is 1. The second-order valence-electron chi connectivity index (χ2n) is 7.85. The third-order valence-corrected chi connectivity index (χ3v) is 4.00. The molecule has 0 radical (unpaired) electrons. The minimum atomic E-state index is -1.06. The molecule has 0 bridgehead atoms. The van der Waals surface area contributed by atoms with Gasteiger partial charge in [0.05, 0.1) is 0 Å². The molecule has 0 aliphatic carbocycles. The Morgan fingerprint density at radius 2 is 1.78 bits per heavy atom. The van der Waals surface area contributed by atoms with E-state index in [2.05, 4.69) is 44.8 Å². The van der Waals surface area contributed by atoms with Gasteiger partial charge in [-0.15, -0.1) is 6.58 Å². The number of carbonyl (C=O) groups is 2. The summed E-state index contributed by atoms with van der Waals surface area (Å²) < 4.78 is 0. The maximum Gasteiger partial charge on any atom is 0.322 e. The molecule has 0 saturated heterocycles. The maximum atomic E-state index is 11.5. The molecule has 0 unspecified atom stereocenters. The first-order chi connectivity index (χ1) is 12.5. The Morgan fingerprint density at radius 3 is 2.37 bits per heavy atom. The van der Waals surface area contributed by atoms with Gasteiger partial charge in [-0.2, -0.15) is 0 Å². The Hall–Kier alpha value is -2.36. The van der Waals surface area contributed by atoms with Crippen molar-refractivity contribution in [3.05, 3.63) is 59.8 Å². The number of carboxylic acid groups (broad SMARTS) is 1. The number of nitrogens with one attached hydrogen (secondary N) is 1. The first-order valence-electron chi connectivity index (χ1n) is 9.35. The van der Waals surface area contributed by atoms with Crippen LogP contribution in [0.3, 0.4) is 0 Å². The Kier molecular flexibility index (Phi) is 11.8. The molecule has 2 N–H and O–H groups in total. The predicted molar refractivity (Wildman–Crippen MR) is 114 cm³/mol. The number of hydrogen-bond acceptors (Lipinski definition) is 2. The Morgan fingerprint density at radius 1 is 1.11 bits per heavy atom. The van der Waals surface area contributed by atoms with Gasteiger partial charge in [0.1, 0.15) is 6.54 Å². The molecule has 27 heavy (non-hydrogen) atoms. The summed E-state index contributed by atoms with van der Waals surface area (Å²) in [6, 6.07) is 0. The predicted octanol–water partition coefficient (Wildman–Crippen LogP) is 5.35. The number of allylic oxidation sites excluding steroid dienone is 8. The standard InChI is InChI=1S/C23H35NO3/c1-18(2)10-8-14-23(5,6)15-9-13-19(3)11-7-12-20(4)16-21(25)24-17-22(26)27/h7,9,11-13,16H,1,8,10,14-15,17H2,2-6H3,(H,24,25)(H,26,27)/b12-7+,13-9+,19-11+,20-16+. The summed E-state index contributed by atoms with van der Waals surface area (Å²) in [6.45, 7) is 14.1. The summed E-state index contributed by atoms with van der Waals surface area (Å²) in [5.74, 6) is -1.47. The highest BCUT2D eigenvalue weighted by Gasteiger charge is 2.15. The van der Waals surface area contributed by atoms with Crippen LogP contribution in [0.25, 0.3) is 0 Å². The quantitative estimate of drug-likeness (QED) is 0.275. The van der Waals surface area contributed by atoms with Crippen molar-refractivity contribution in [1.82, 2.24) is 5.32 Å². The maximum absolute atomic E-state index is 11.5. The van der Waals surface area contributed by atoms with Crippen molar-refractivity contribution in [3.63, 3.8) is 0 Å². The van der Waals surface area contributed by atoms with Crippen LogP contribution in [0.2, 0.25) is 0 Å². The third kappa shape index (κ3) is 15.6. The molecule has 0 heterocycles. The molecule has 0 aromatic heterocycles. The first-order valence-corrected chi connectivity index (χ1v) is 9.35. The summed E-state index contributed by atoms with van der Waals surface area (Å²) in [7, 11) is 0.